The van der Waals surface area contributed by atoms with E-state index in [0.717, 1.165) is 10.8 Å². The molecule has 0 aliphatic carbocycles. The lowest BCUT2D eigenvalue weighted by molar-refractivity contribution is 0.0946. The number of hydrogen-bond acceptors (Lipinski definition) is 3. The van der Waals surface area contributed by atoms with E-state index in [0.29, 0.717) is 23.8 Å². The van der Waals surface area contributed by atoms with Gasteiger partial charge in [0.15, 0.2) is 0 Å². The lowest BCUT2D eigenvalue weighted by Gasteiger charge is -2.10. The molecule has 1 heterocycles. The standard InChI is InChI=1S/C14H17N3O/c1-9(2)8-17-14(18)13-12-10(6-7-16-13)4-3-5-11(12)15/h3-7,9H,8,15H2,1-2H3,(H,17,18). The van der Waals surface area contributed by atoms with Crippen LogP contribution in [0.4, 0.5) is 5.69 Å². The van der Waals surface area contributed by atoms with Crippen molar-refractivity contribution in [1.82, 2.24) is 10.3 Å². The average molecular weight is 243 g/mol. The second kappa shape index (κ2) is 5.04. The van der Waals surface area contributed by atoms with E-state index in [1.807, 2.05) is 32.0 Å². The first kappa shape index (κ1) is 12.4. The van der Waals surface area contributed by atoms with Crippen molar-refractivity contribution in [1.29, 1.82) is 0 Å². The zero-order valence-electron chi connectivity index (χ0n) is 10.6. The molecule has 0 aliphatic rings. The molecule has 0 aliphatic heterocycles. The van der Waals surface area contributed by atoms with E-state index < -0.39 is 0 Å². The summed E-state index contributed by atoms with van der Waals surface area (Å²) >= 11 is 0. The number of benzene rings is 1. The molecule has 0 unspecified atom stereocenters. The van der Waals surface area contributed by atoms with Crippen molar-refractivity contribution in [2.75, 3.05) is 12.3 Å². The van der Waals surface area contributed by atoms with Crippen molar-refractivity contribution in [3.8, 4) is 0 Å². The molecule has 0 fully saturated rings. The maximum absolute atomic E-state index is 12.1. The molecule has 1 aromatic carbocycles. The van der Waals surface area contributed by atoms with E-state index in [1.165, 1.54) is 0 Å². The van der Waals surface area contributed by atoms with Crippen molar-refractivity contribution < 1.29 is 4.79 Å². The number of rotatable bonds is 3. The number of hydrogen-bond donors (Lipinski definition) is 2. The van der Waals surface area contributed by atoms with E-state index in [2.05, 4.69) is 10.3 Å². The highest BCUT2D eigenvalue weighted by atomic mass is 16.1. The summed E-state index contributed by atoms with van der Waals surface area (Å²) in [5.74, 6) is 0.230. The molecule has 1 aromatic heterocycles. The lowest BCUT2D eigenvalue weighted by Crippen LogP contribution is -2.28. The zero-order chi connectivity index (χ0) is 13.1. The van der Waals surface area contributed by atoms with Crippen molar-refractivity contribution in [3.63, 3.8) is 0 Å². The summed E-state index contributed by atoms with van der Waals surface area (Å²) in [5.41, 5.74) is 6.90. The van der Waals surface area contributed by atoms with E-state index >= 15 is 0 Å². The van der Waals surface area contributed by atoms with E-state index in [-0.39, 0.29) is 5.91 Å². The van der Waals surface area contributed by atoms with Crippen LogP contribution in [0.15, 0.2) is 30.5 Å². The molecule has 2 rings (SSSR count). The number of carbonyl (C=O) groups is 1. The number of nitrogens with two attached hydrogens (primary N) is 1. The van der Waals surface area contributed by atoms with E-state index in [4.69, 9.17) is 5.73 Å². The van der Waals surface area contributed by atoms with Gasteiger partial charge in [-0.25, -0.2) is 0 Å². The first-order valence-electron chi connectivity index (χ1n) is 6.01. The molecule has 0 saturated carbocycles. The predicted molar refractivity (Wildman–Crippen MR) is 73.3 cm³/mol. The molecule has 4 heteroatoms. The second-order valence-corrected chi connectivity index (χ2v) is 4.71. The summed E-state index contributed by atoms with van der Waals surface area (Å²) in [7, 11) is 0. The number of nitrogens with zero attached hydrogens (tertiary/aromatic N) is 1. The third kappa shape index (κ3) is 2.42. The van der Waals surface area contributed by atoms with Gasteiger partial charge in [-0.2, -0.15) is 0 Å². The van der Waals surface area contributed by atoms with Gasteiger partial charge in [-0.3, -0.25) is 9.78 Å². The van der Waals surface area contributed by atoms with Crippen molar-refractivity contribution in [3.05, 3.63) is 36.2 Å². The Morgan fingerprint density at radius 1 is 1.39 bits per heavy atom. The summed E-state index contributed by atoms with van der Waals surface area (Å²) in [6, 6.07) is 7.42. The summed E-state index contributed by atoms with van der Waals surface area (Å²) in [6.45, 7) is 4.72. The van der Waals surface area contributed by atoms with Crippen molar-refractivity contribution in [2.45, 2.75) is 13.8 Å². The normalized spacial score (nSPS) is 10.8. The second-order valence-electron chi connectivity index (χ2n) is 4.71. The van der Waals surface area contributed by atoms with Gasteiger partial charge in [0.25, 0.3) is 5.91 Å². The molecule has 3 N–H and O–H groups in total. The quantitative estimate of drug-likeness (QED) is 0.812. The van der Waals surface area contributed by atoms with E-state index in [1.54, 1.807) is 12.3 Å². The van der Waals surface area contributed by atoms with Crippen LogP contribution in [0, 0.1) is 5.92 Å². The maximum atomic E-state index is 12.1. The van der Waals surface area contributed by atoms with Gasteiger partial charge >= 0.3 is 0 Å². The summed E-state index contributed by atoms with van der Waals surface area (Å²) in [5, 5.41) is 4.51. The first-order chi connectivity index (χ1) is 8.59. The Kier molecular flexibility index (Phi) is 3.46. The van der Waals surface area contributed by atoms with Gasteiger partial charge in [-0.05, 0) is 23.4 Å². The molecule has 4 nitrogen and oxygen atoms in total. The molecule has 0 bridgehead atoms. The minimum Gasteiger partial charge on any atom is -0.398 e. The highest BCUT2D eigenvalue weighted by Gasteiger charge is 2.13. The third-order valence-electron chi connectivity index (χ3n) is 2.71. The van der Waals surface area contributed by atoms with Gasteiger partial charge in [0.05, 0.1) is 0 Å². The summed E-state index contributed by atoms with van der Waals surface area (Å²) in [6.07, 6.45) is 1.63. The molecule has 18 heavy (non-hydrogen) atoms. The number of aromatic nitrogens is 1. The van der Waals surface area contributed by atoms with Gasteiger partial charge in [0.1, 0.15) is 5.69 Å². The van der Waals surface area contributed by atoms with Gasteiger partial charge in [0.2, 0.25) is 0 Å². The topological polar surface area (TPSA) is 68.0 Å². The molecule has 0 radical (unpaired) electrons. The number of anilines is 1. The number of nitrogen functional groups attached to an aromatic ring is 1. The highest BCUT2D eigenvalue weighted by molar-refractivity contribution is 6.09. The fraction of sp³-hybridized carbons (Fsp3) is 0.286. The molecule has 2 aromatic rings. The Bertz CT molecular complexity index is 573. The minimum absolute atomic E-state index is 0.174. The fourth-order valence-corrected chi connectivity index (χ4v) is 1.81. The molecule has 0 spiro atoms. The van der Waals surface area contributed by atoms with Crippen molar-refractivity contribution >= 4 is 22.4 Å². The highest BCUT2D eigenvalue weighted by Crippen LogP contribution is 2.23. The monoisotopic (exact) mass is 243 g/mol. The maximum Gasteiger partial charge on any atom is 0.270 e. The van der Waals surface area contributed by atoms with Gasteiger partial charge in [-0.1, -0.05) is 26.0 Å². The Morgan fingerprint density at radius 2 is 2.17 bits per heavy atom. The van der Waals surface area contributed by atoms with Crippen LogP contribution in [0.5, 0.6) is 0 Å². The number of nitrogens with one attached hydrogen (secondary N) is 1. The Hall–Kier alpha value is -2.10. The van der Waals surface area contributed by atoms with Crippen LogP contribution < -0.4 is 11.1 Å². The molecule has 0 atom stereocenters. The molecule has 0 saturated heterocycles. The predicted octanol–water partition coefficient (Wildman–Crippen LogP) is 2.20. The van der Waals surface area contributed by atoms with Crippen LogP contribution in [-0.2, 0) is 0 Å². The largest absolute Gasteiger partial charge is 0.398 e. The molecular weight excluding hydrogens is 226 g/mol. The van der Waals surface area contributed by atoms with E-state index in [9.17, 15) is 4.79 Å². The lowest BCUT2D eigenvalue weighted by atomic mass is 10.1. The average Bonchev–Trinajstić information content (AvgIpc) is 2.35. The SMILES string of the molecule is CC(C)CNC(=O)c1nccc2cccc(N)c12. The summed E-state index contributed by atoms with van der Waals surface area (Å²) < 4.78 is 0. The Labute approximate surface area is 106 Å². The van der Waals surface area contributed by atoms with Crippen LogP contribution >= 0.6 is 0 Å². The zero-order valence-corrected chi connectivity index (χ0v) is 10.6. The number of fused-ring (bicyclic) bond motifs is 1. The van der Waals surface area contributed by atoms with Crippen LogP contribution in [0.3, 0.4) is 0 Å². The Balaban J connectivity index is 2.41. The molecule has 94 valence electrons. The van der Waals surface area contributed by atoms with Crippen LogP contribution in [-0.4, -0.2) is 17.4 Å². The number of carbonyl (C=O) groups excluding carboxylic acids is 1. The molecule has 1 amide bonds. The Morgan fingerprint density at radius 3 is 2.89 bits per heavy atom. The van der Waals surface area contributed by atoms with Crippen LogP contribution in [0.2, 0.25) is 0 Å². The third-order valence-corrected chi connectivity index (χ3v) is 2.71. The first-order valence-corrected chi connectivity index (χ1v) is 6.01. The summed E-state index contributed by atoms with van der Waals surface area (Å²) in [4.78, 5) is 16.2. The fourth-order valence-electron chi connectivity index (χ4n) is 1.81. The van der Waals surface area contributed by atoms with Gasteiger partial charge in [-0.15, -0.1) is 0 Å². The van der Waals surface area contributed by atoms with Crippen LogP contribution in [0.25, 0.3) is 10.8 Å². The number of pyridine rings is 1. The van der Waals surface area contributed by atoms with Gasteiger partial charge in [0, 0.05) is 23.8 Å². The van der Waals surface area contributed by atoms with Gasteiger partial charge < -0.3 is 11.1 Å². The molecular formula is C14H17N3O. The number of amides is 1. The van der Waals surface area contributed by atoms with Crippen molar-refractivity contribution in [2.24, 2.45) is 5.92 Å². The minimum atomic E-state index is -0.174. The van der Waals surface area contributed by atoms with Crippen LogP contribution in [0.1, 0.15) is 24.3 Å². The smallest absolute Gasteiger partial charge is 0.270 e.